The highest BCUT2D eigenvalue weighted by molar-refractivity contribution is 6.31. The third-order valence-corrected chi connectivity index (χ3v) is 2.33. The normalized spacial score (nSPS) is 10.9. The van der Waals surface area contributed by atoms with Crippen molar-refractivity contribution in [3.05, 3.63) is 29.9 Å². The second kappa shape index (κ2) is 3.98. The van der Waals surface area contributed by atoms with Crippen LogP contribution in [0.1, 0.15) is 19.9 Å². The van der Waals surface area contributed by atoms with Crippen molar-refractivity contribution in [1.29, 1.82) is 0 Å². The first-order chi connectivity index (χ1) is 7.18. The molecular weight excluding hydrogens is 212 g/mol. The molecule has 0 N–H and O–H groups in total. The van der Waals surface area contributed by atoms with Gasteiger partial charge in [-0.05, 0) is 13.8 Å². The average molecular weight is 223 g/mol. The number of hydrogen-bond donors (Lipinski definition) is 0. The van der Waals surface area contributed by atoms with Crippen molar-refractivity contribution in [3.8, 4) is 11.3 Å². The van der Waals surface area contributed by atoms with E-state index in [4.69, 9.17) is 11.6 Å². The van der Waals surface area contributed by atoms with Crippen LogP contribution >= 0.6 is 11.6 Å². The Morgan fingerprint density at radius 3 is 2.60 bits per heavy atom. The van der Waals surface area contributed by atoms with Gasteiger partial charge in [-0.15, -0.1) is 0 Å². The zero-order valence-corrected chi connectivity index (χ0v) is 9.31. The van der Waals surface area contributed by atoms with E-state index in [1.165, 1.54) is 0 Å². The maximum atomic E-state index is 5.94. The molecule has 2 heterocycles. The highest BCUT2D eigenvalue weighted by atomic mass is 35.5. The number of halogens is 1. The summed E-state index contributed by atoms with van der Waals surface area (Å²) in [5.74, 6) is 0. The zero-order valence-electron chi connectivity index (χ0n) is 8.55. The lowest BCUT2D eigenvalue weighted by Gasteiger charge is -2.03. The van der Waals surface area contributed by atoms with Gasteiger partial charge in [-0.1, -0.05) is 11.6 Å². The summed E-state index contributed by atoms with van der Waals surface area (Å²) in [4.78, 5) is 8.15. The van der Waals surface area contributed by atoms with Gasteiger partial charge < -0.3 is 0 Å². The molecular formula is C10H11ClN4. The lowest BCUT2D eigenvalue weighted by atomic mass is 10.3. The number of nitrogens with zero attached hydrogens (tertiary/aromatic N) is 4. The lowest BCUT2D eigenvalue weighted by Crippen LogP contribution is -1.99. The van der Waals surface area contributed by atoms with Gasteiger partial charge in [-0.3, -0.25) is 9.67 Å². The van der Waals surface area contributed by atoms with Gasteiger partial charge in [0.05, 0.1) is 6.20 Å². The van der Waals surface area contributed by atoms with Crippen molar-refractivity contribution in [2.75, 3.05) is 0 Å². The molecule has 0 aliphatic carbocycles. The molecule has 0 atom stereocenters. The summed E-state index contributed by atoms with van der Waals surface area (Å²) in [5.41, 5.74) is 1.56. The second-order valence-electron chi connectivity index (χ2n) is 3.50. The second-order valence-corrected chi connectivity index (χ2v) is 3.86. The molecule has 0 unspecified atom stereocenters. The monoisotopic (exact) mass is 222 g/mol. The van der Waals surface area contributed by atoms with E-state index in [0.29, 0.717) is 16.9 Å². The number of rotatable bonds is 2. The maximum Gasteiger partial charge on any atom is 0.155 e. The van der Waals surface area contributed by atoms with E-state index in [0.717, 1.165) is 5.56 Å². The Hall–Kier alpha value is -1.42. The molecule has 0 fully saturated rings. The topological polar surface area (TPSA) is 43.6 Å². The highest BCUT2D eigenvalue weighted by Gasteiger charge is 2.08. The van der Waals surface area contributed by atoms with E-state index in [1.54, 1.807) is 18.6 Å². The number of hydrogen-bond acceptors (Lipinski definition) is 3. The van der Waals surface area contributed by atoms with Crippen LogP contribution in [0.3, 0.4) is 0 Å². The van der Waals surface area contributed by atoms with Gasteiger partial charge in [-0.25, -0.2) is 4.98 Å². The van der Waals surface area contributed by atoms with Crippen molar-refractivity contribution in [2.45, 2.75) is 19.9 Å². The SMILES string of the molecule is CC(C)n1cc(-c2nccnc2Cl)cn1. The van der Waals surface area contributed by atoms with Gasteiger partial charge >= 0.3 is 0 Å². The van der Waals surface area contributed by atoms with E-state index in [2.05, 4.69) is 28.9 Å². The van der Waals surface area contributed by atoms with Crippen LogP contribution in [0.5, 0.6) is 0 Å². The van der Waals surface area contributed by atoms with Crippen molar-refractivity contribution >= 4 is 11.6 Å². The van der Waals surface area contributed by atoms with Crippen LogP contribution in [-0.4, -0.2) is 19.7 Å². The summed E-state index contributed by atoms with van der Waals surface area (Å²) in [6.07, 6.45) is 6.85. The molecule has 15 heavy (non-hydrogen) atoms. The maximum absolute atomic E-state index is 5.94. The molecule has 5 heteroatoms. The van der Waals surface area contributed by atoms with Gasteiger partial charge in [0.1, 0.15) is 5.69 Å². The van der Waals surface area contributed by atoms with Gasteiger partial charge in [0.2, 0.25) is 0 Å². The minimum atomic E-state index is 0.328. The summed E-state index contributed by atoms with van der Waals surface area (Å²) in [7, 11) is 0. The standard InChI is InChI=1S/C10H11ClN4/c1-7(2)15-6-8(5-14-15)9-10(11)13-4-3-12-9/h3-7H,1-2H3. The minimum absolute atomic E-state index is 0.328. The number of aromatic nitrogens is 4. The molecule has 2 rings (SSSR count). The first-order valence-corrected chi connectivity index (χ1v) is 5.07. The Bertz CT molecular complexity index is 464. The molecule has 2 aromatic rings. The molecule has 78 valence electrons. The zero-order chi connectivity index (χ0) is 10.8. The quantitative estimate of drug-likeness (QED) is 0.785. The van der Waals surface area contributed by atoms with Crippen molar-refractivity contribution in [1.82, 2.24) is 19.7 Å². The molecule has 0 saturated heterocycles. The Morgan fingerprint density at radius 1 is 1.27 bits per heavy atom. The minimum Gasteiger partial charge on any atom is -0.270 e. The first kappa shape index (κ1) is 10.1. The largest absolute Gasteiger partial charge is 0.270 e. The fraction of sp³-hybridized carbons (Fsp3) is 0.300. The predicted molar refractivity (Wildman–Crippen MR) is 58.6 cm³/mol. The van der Waals surface area contributed by atoms with E-state index in [9.17, 15) is 0 Å². The Labute approximate surface area is 92.9 Å². The predicted octanol–water partition coefficient (Wildman–Crippen LogP) is 2.57. The smallest absolute Gasteiger partial charge is 0.155 e. The van der Waals surface area contributed by atoms with Crippen LogP contribution in [0.15, 0.2) is 24.8 Å². The Morgan fingerprint density at radius 2 is 2.00 bits per heavy atom. The summed E-state index contributed by atoms with van der Waals surface area (Å²) in [6, 6.07) is 0.328. The summed E-state index contributed by atoms with van der Waals surface area (Å²) < 4.78 is 1.86. The molecule has 4 nitrogen and oxygen atoms in total. The van der Waals surface area contributed by atoms with Gasteiger partial charge in [0.15, 0.2) is 5.15 Å². The van der Waals surface area contributed by atoms with E-state index >= 15 is 0 Å². The van der Waals surface area contributed by atoms with Crippen LogP contribution in [0.25, 0.3) is 11.3 Å². The van der Waals surface area contributed by atoms with E-state index in [-0.39, 0.29) is 0 Å². The van der Waals surface area contributed by atoms with Crippen molar-refractivity contribution < 1.29 is 0 Å². The van der Waals surface area contributed by atoms with Crippen molar-refractivity contribution in [3.63, 3.8) is 0 Å². The summed E-state index contributed by atoms with van der Waals surface area (Å²) in [5, 5.41) is 4.63. The van der Waals surface area contributed by atoms with Crippen LogP contribution in [0.4, 0.5) is 0 Å². The molecule has 0 aromatic carbocycles. The summed E-state index contributed by atoms with van der Waals surface area (Å²) >= 11 is 5.94. The molecule has 0 spiro atoms. The third-order valence-electron chi connectivity index (χ3n) is 2.06. The molecule has 0 bridgehead atoms. The highest BCUT2D eigenvalue weighted by Crippen LogP contribution is 2.23. The van der Waals surface area contributed by atoms with Crippen LogP contribution in [-0.2, 0) is 0 Å². The van der Waals surface area contributed by atoms with E-state index in [1.807, 2.05) is 10.9 Å². The first-order valence-electron chi connectivity index (χ1n) is 4.69. The summed E-state index contributed by atoms with van der Waals surface area (Å²) in [6.45, 7) is 4.13. The average Bonchev–Trinajstić information content (AvgIpc) is 2.67. The van der Waals surface area contributed by atoms with Gasteiger partial charge in [0.25, 0.3) is 0 Å². The molecule has 0 saturated carbocycles. The molecule has 0 aliphatic heterocycles. The van der Waals surface area contributed by atoms with E-state index < -0.39 is 0 Å². The van der Waals surface area contributed by atoms with Gasteiger partial charge in [0, 0.05) is 30.2 Å². The third kappa shape index (κ3) is 1.99. The van der Waals surface area contributed by atoms with Crippen molar-refractivity contribution in [2.24, 2.45) is 0 Å². The fourth-order valence-corrected chi connectivity index (χ4v) is 1.47. The Kier molecular flexibility index (Phi) is 2.68. The lowest BCUT2D eigenvalue weighted by molar-refractivity contribution is 0.532. The van der Waals surface area contributed by atoms with Crippen LogP contribution in [0, 0.1) is 0 Å². The molecule has 0 radical (unpaired) electrons. The van der Waals surface area contributed by atoms with Crippen LogP contribution in [0.2, 0.25) is 5.15 Å². The van der Waals surface area contributed by atoms with Gasteiger partial charge in [-0.2, -0.15) is 5.10 Å². The molecule has 0 amide bonds. The fourth-order valence-electron chi connectivity index (χ4n) is 1.26. The molecule has 2 aromatic heterocycles. The molecule has 0 aliphatic rings. The Balaban J connectivity index is 2.42. The van der Waals surface area contributed by atoms with Crippen LogP contribution < -0.4 is 0 Å².